The summed E-state index contributed by atoms with van der Waals surface area (Å²) in [5, 5.41) is 9.82. The van der Waals surface area contributed by atoms with Crippen LogP contribution in [0.25, 0.3) is 0 Å². The lowest BCUT2D eigenvalue weighted by atomic mass is 10.0. The van der Waals surface area contributed by atoms with Crippen LogP contribution in [0.2, 0.25) is 0 Å². The largest absolute Gasteiger partial charge is 0.472 e. The van der Waals surface area contributed by atoms with Gasteiger partial charge in [-0.1, -0.05) is 264 Å². The molecule has 0 saturated heterocycles. The van der Waals surface area contributed by atoms with Gasteiger partial charge in [-0.15, -0.1) is 0 Å². The lowest BCUT2D eigenvalue weighted by Gasteiger charge is -2.21. The minimum absolute atomic E-state index is 0.177. The Morgan fingerprint density at radius 2 is 0.639 bits per heavy atom. The third-order valence-electron chi connectivity index (χ3n) is 13.7. The number of aliphatic hydroxyl groups is 1. The van der Waals surface area contributed by atoms with Crippen LogP contribution in [0.1, 0.15) is 316 Å². The third-order valence-corrected chi connectivity index (χ3v) is 14.6. The minimum Gasteiger partial charge on any atom is -0.462 e. The van der Waals surface area contributed by atoms with Gasteiger partial charge in [-0.25, -0.2) is 4.57 Å². The highest BCUT2D eigenvalue weighted by molar-refractivity contribution is 7.47. The highest BCUT2D eigenvalue weighted by Crippen LogP contribution is 2.43. The fraction of sp³-hybridized carbons (Fsp3) is 0.917. The molecule has 0 spiro atoms. The molecule has 12 heteroatoms. The van der Waals surface area contributed by atoms with Gasteiger partial charge in [-0.05, 0) is 44.9 Å². The van der Waals surface area contributed by atoms with E-state index in [2.05, 4.69) is 32.9 Å². The molecule has 0 saturated carbocycles. The van der Waals surface area contributed by atoms with Crippen molar-refractivity contribution in [2.45, 2.75) is 328 Å². The molecule has 0 aliphatic heterocycles. The van der Waals surface area contributed by atoms with Crippen molar-refractivity contribution in [1.29, 1.82) is 0 Å². The number of ether oxygens (including phenoxy) is 3. The highest BCUT2D eigenvalue weighted by atomic mass is 31.2. The number of esters is 3. The van der Waals surface area contributed by atoms with Crippen LogP contribution in [-0.2, 0) is 42.2 Å². The molecule has 426 valence electrons. The molecule has 0 aromatic heterocycles. The van der Waals surface area contributed by atoms with Gasteiger partial charge >= 0.3 is 25.7 Å². The number of phosphoric ester groups is 1. The second-order valence-corrected chi connectivity index (χ2v) is 22.3. The molecular weight excluding hydrogens is 928 g/mol. The molecule has 0 rings (SSSR count). The first-order valence-electron chi connectivity index (χ1n) is 30.6. The molecule has 3 unspecified atom stereocenters. The first-order valence-corrected chi connectivity index (χ1v) is 32.1. The zero-order chi connectivity index (χ0) is 52.7. The van der Waals surface area contributed by atoms with Gasteiger partial charge in [0.2, 0.25) is 0 Å². The summed E-state index contributed by atoms with van der Waals surface area (Å²) in [5.74, 6) is -1.44. The molecule has 0 aliphatic rings. The lowest BCUT2D eigenvalue weighted by Crippen LogP contribution is -2.30. The summed E-state index contributed by atoms with van der Waals surface area (Å²) in [5.41, 5.74) is 0. The van der Waals surface area contributed by atoms with E-state index in [4.69, 9.17) is 23.3 Å². The van der Waals surface area contributed by atoms with Crippen molar-refractivity contribution < 1.29 is 52.2 Å². The fourth-order valence-electron chi connectivity index (χ4n) is 9.00. The summed E-state index contributed by atoms with van der Waals surface area (Å²) in [6.45, 7) is 4.68. The Balaban J connectivity index is 4.54. The molecule has 0 aromatic rings. The summed E-state index contributed by atoms with van der Waals surface area (Å²) in [6.07, 6.45) is 54.6. The molecule has 3 atom stereocenters. The van der Waals surface area contributed by atoms with Crippen LogP contribution in [0, 0.1) is 0 Å². The van der Waals surface area contributed by atoms with Crippen molar-refractivity contribution in [2.75, 3.05) is 26.4 Å². The molecule has 0 aromatic carbocycles. The number of carbonyl (C=O) groups is 3. The maximum Gasteiger partial charge on any atom is 0.472 e. The maximum atomic E-state index is 12.9. The van der Waals surface area contributed by atoms with Crippen LogP contribution in [0.3, 0.4) is 0 Å². The fourth-order valence-corrected chi connectivity index (χ4v) is 9.78. The van der Waals surface area contributed by atoms with E-state index in [0.29, 0.717) is 19.3 Å². The molecule has 11 nitrogen and oxygen atoms in total. The number of hydrogen-bond donors (Lipinski definition) is 2. The predicted molar refractivity (Wildman–Crippen MR) is 298 cm³/mol. The maximum absolute atomic E-state index is 12.9. The van der Waals surface area contributed by atoms with Crippen LogP contribution in [0.15, 0.2) is 12.2 Å². The van der Waals surface area contributed by atoms with E-state index in [1.54, 1.807) is 0 Å². The van der Waals surface area contributed by atoms with E-state index < -0.39 is 57.8 Å². The summed E-state index contributed by atoms with van der Waals surface area (Å²) in [4.78, 5) is 48.5. The van der Waals surface area contributed by atoms with Crippen LogP contribution in [0.4, 0.5) is 0 Å². The predicted octanol–water partition coefficient (Wildman–Crippen LogP) is 18.0. The molecule has 0 amide bonds. The van der Waals surface area contributed by atoms with Crippen molar-refractivity contribution in [1.82, 2.24) is 0 Å². The molecule has 0 aliphatic carbocycles. The summed E-state index contributed by atoms with van der Waals surface area (Å²) >= 11 is 0. The Kier molecular flexibility index (Phi) is 54.1. The van der Waals surface area contributed by atoms with Crippen molar-refractivity contribution >= 4 is 25.7 Å². The average molecular weight is 1040 g/mol. The Bertz CT molecular complexity index is 1260. The number of carbonyl (C=O) groups excluding carboxylic acids is 3. The van der Waals surface area contributed by atoms with E-state index >= 15 is 0 Å². The average Bonchev–Trinajstić information content (AvgIpc) is 3.37. The second-order valence-electron chi connectivity index (χ2n) is 20.9. The Morgan fingerprint density at radius 1 is 0.375 bits per heavy atom. The molecule has 2 N–H and O–H groups in total. The second kappa shape index (κ2) is 55.5. The molecule has 0 radical (unpaired) electrons. The Hall–Kier alpha value is -1.78. The number of allylic oxidation sites excluding steroid dienone is 2. The number of hydrogen-bond acceptors (Lipinski definition) is 10. The lowest BCUT2D eigenvalue weighted by molar-refractivity contribution is -0.161. The van der Waals surface area contributed by atoms with Crippen LogP contribution >= 0.6 is 7.82 Å². The normalized spacial score (nSPS) is 13.3. The summed E-state index contributed by atoms with van der Waals surface area (Å²) < 4.78 is 39.5. The molecular formula is C60H115O11P. The number of phosphoric acid groups is 1. The zero-order valence-corrected chi connectivity index (χ0v) is 48.1. The first kappa shape index (κ1) is 70.2. The van der Waals surface area contributed by atoms with Crippen molar-refractivity contribution in [2.24, 2.45) is 0 Å². The standard InChI is InChI=1S/C60H115O11P/c1-4-7-10-13-16-19-21-23-25-27-28-30-32-34-36-39-42-45-48-51-60(64)71-57(53-67-58(62)49-46-43-40-37-18-15-12-9-6-3)55-69-72(65,66)68-54-56(52-61)70-59(63)50-47-44-41-38-35-33-31-29-26-24-22-20-17-14-11-8-5-2/h24,26,56-57,61H,4-23,25,27-55H2,1-3H3,(H,65,66)/b26-24-. The summed E-state index contributed by atoms with van der Waals surface area (Å²) in [7, 11) is -4.74. The molecule has 0 fully saturated rings. The quantitative estimate of drug-likeness (QED) is 0.0197. The van der Waals surface area contributed by atoms with E-state index in [9.17, 15) is 28.9 Å². The number of unbranched alkanes of at least 4 members (excludes halogenated alkanes) is 39. The van der Waals surface area contributed by atoms with Gasteiger partial charge in [0.15, 0.2) is 6.10 Å². The van der Waals surface area contributed by atoms with Gasteiger partial charge in [0.25, 0.3) is 0 Å². The SMILES string of the molecule is CCCCCCCC/C=C\CCCCCCCCCC(=O)OC(CO)COP(=O)(O)OCC(COC(=O)CCCCCCCCCCC)OC(=O)CCCCCCCCCCCCCCCCCCCCC. The van der Waals surface area contributed by atoms with Crippen LogP contribution in [0.5, 0.6) is 0 Å². The number of aliphatic hydroxyl groups excluding tert-OH is 1. The van der Waals surface area contributed by atoms with Crippen LogP contribution in [-0.4, -0.2) is 66.5 Å². The van der Waals surface area contributed by atoms with Gasteiger partial charge < -0.3 is 24.2 Å². The van der Waals surface area contributed by atoms with Crippen molar-refractivity contribution in [3.8, 4) is 0 Å². The minimum atomic E-state index is -4.74. The van der Waals surface area contributed by atoms with E-state index in [0.717, 1.165) is 64.2 Å². The molecule has 0 bridgehead atoms. The van der Waals surface area contributed by atoms with Crippen molar-refractivity contribution in [3.63, 3.8) is 0 Å². The molecule has 0 heterocycles. The Labute approximate surface area is 443 Å². The number of rotatable bonds is 58. The smallest absolute Gasteiger partial charge is 0.462 e. The Morgan fingerprint density at radius 3 is 0.958 bits per heavy atom. The van der Waals surface area contributed by atoms with E-state index in [1.807, 2.05) is 0 Å². The highest BCUT2D eigenvalue weighted by Gasteiger charge is 2.28. The van der Waals surface area contributed by atoms with E-state index in [1.165, 1.54) is 193 Å². The monoisotopic (exact) mass is 1040 g/mol. The van der Waals surface area contributed by atoms with Gasteiger partial charge in [-0.3, -0.25) is 23.4 Å². The summed E-state index contributed by atoms with van der Waals surface area (Å²) in [6, 6.07) is 0. The van der Waals surface area contributed by atoms with Gasteiger partial charge in [0.1, 0.15) is 12.7 Å². The van der Waals surface area contributed by atoms with Gasteiger partial charge in [-0.2, -0.15) is 0 Å². The van der Waals surface area contributed by atoms with E-state index in [-0.39, 0.29) is 25.9 Å². The van der Waals surface area contributed by atoms with Gasteiger partial charge in [0, 0.05) is 19.3 Å². The van der Waals surface area contributed by atoms with Gasteiger partial charge in [0.05, 0.1) is 19.8 Å². The molecule has 72 heavy (non-hydrogen) atoms. The topological polar surface area (TPSA) is 155 Å². The van der Waals surface area contributed by atoms with Crippen LogP contribution < -0.4 is 0 Å². The van der Waals surface area contributed by atoms with Crippen molar-refractivity contribution in [3.05, 3.63) is 12.2 Å². The third kappa shape index (κ3) is 53.1. The first-order chi connectivity index (χ1) is 35.2. The zero-order valence-electron chi connectivity index (χ0n) is 47.2.